The lowest BCUT2D eigenvalue weighted by Gasteiger charge is -2.05. The van der Waals surface area contributed by atoms with E-state index in [0.717, 1.165) is 17.3 Å². The van der Waals surface area contributed by atoms with Gasteiger partial charge >= 0.3 is 0 Å². The molecule has 0 saturated carbocycles. The van der Waals surface area contributed by atoms with Crippen molar-refractivity contribution in [3.8, 4) is 0 Å². The number of hydrogen-bond acceptors (Lipinski definition) is 2. The molecule has 1 aromatic heterocycles. The molecule has 0 aliphatic heterocycles. The molecular formula is C15H12ClNS. The Labute approximate surface area is 115 Å². The minimum atomic E-state index is 0.759. The van der Waals surface area contributed by atoms with E-state index in [0.29, 0.717) is 0 Å². The van der Waals surface area contributed by atoms with E-state index < -0.39 is 0 Å². The summed E-state index contributed by atoms with van der Waals surface area (Å²) >= 11 is 7.75. The second-order valence-corrected chi connectivity index (χ2v) is 5.47. The highest BCUT2D eigenvalue weighted by Crippen LogP contribution is 2.26. The summed E-state index contributed by atoms with van der Waals surface area (Å²) in [7, 11) is 0. The lowest BCUT2D eigenvalue weighted by molar-refractivity contribution is 1.18. The van der Waals surface area contributed by atoms with Crippen molar-refractivity contribution in [2.24, 2.45) is 0 Å². The zero-order valence-corrected chi connectivity index (χ0v) is 11.3. The molecule has 0 atom stereocenters. The van der Waals surface area contributed by atoms with Crippen LogP contribution in [0.3, 0.4) is 0 Å². The SMILES string of the molecule is Clc1cccc(NCc2csc3ccccc23)c1. The third kappa shape index (κ3) is 2.35. The van der Waals surface area contributed by atoms with E-state index in [2.05, 4.69) is 35.0 Å². The van der Waals surface area contributed by atoms with Crippen LogP contribution in [0, 0.1) is 0 Å². The largest absolute Gasteiger partial charge is 0.381 e. The zero-order chi connectivity index (χ0) is 12.4. The Morgan fingerprint density at radius 1 is 1.06 bits per heavy atom. The summed E-state index contributed by atoms with van der Waals surface area (Å²) in [6, 6.07) is 16.3. The smallest absolute Gasteiger partial charge is 0.0426 e. The predicted molar refractivity (Wildman–Crippen MR) is 80.6 cm³/mol. The van der Waals surface area contributed by atoms with Gasteiger partial charge in [-0.3, -0.25) is 0 Å². The Morgan fingerprint density at radius 2 is 1.94 bits per heavy atom. The van der Waals surface area contributed by atoms with Gasteiger partial charge < -0.3 is 5.32 Å². The van der Waals surface area contributed by atoms with E-state index in [1.54, 1.807) is 11.3 Å². The molecule has 3 rings (SSSR count). The average molecular weight is 274 g/mol. The van der Waals surface area contributed by atoms with Crippen LogP contribution in [0.15, 0.2) is 53.9 Å². The summed E-state index contributed by atoms with van der Waals surface area (Å²) in [6.45, 7) is 0.824. The predicted octanol–water partition coefficient (Wildman–Crippen LogP) is 5.17. The first kappa shape index (κ1) is 11.6. The normalized spacial score (nSPS) is 10.7. The quantitative estimate of drug-likeness (QED) is 0.694. The number of rotatable bonds is 3. The fourth-order valence-electron chi connectivity index (χ4n) is 1.97. The van der Waals surface area contributed by atoms with Crippen molar-refractivity contribution in [2.75, 3.05) is 5.32 Å². The summed E-state index contributed by atoms with van der Waals surface area (Å²) in [4.78, 5) is 0. The van der Waals surface area contributed by atoms with E-state index in [1.807, 2.05) is 24.3 Å². The van der Waals surface area contributed by atoms with Gasteiger partial charge in [0.1, 0.15) is 0 Å². The fraction of sp³-hybridized carbons (Fsp3) is 0.0667. The molecule has 0 aliphatic carbocycles. The second-order valence-electron chi connectivity index (χ2n) is 4.12. The number of fused-ring (bicyclic) bond motifs is 1. The Hall–Kier alpha value is -1.51. The summed E-state index contributed by atoms with van der Waals surface area (Å²) < 4.78 is 1.33. The lowest BCUT2D eigenvalue weighted by Crippen LogP contribution is -1.98. The number of halogens is 1. The molecule has 90 valence electrons. The maximum Gasteiger partial charge on any atom is 0.0426 e. The molecule has 2 aromatic carbocycles. The highest BCUT2D eigenvalue weighted by atomic mass is 35.5. The van der Waals surface area contributed by atoms with Gasteiger partial charge in [-0.05, 0) is 40.6 Å². The Kier molecular flexibility index (Phi) is 3.22. The highest BCUT2D eigenvalue weighted by molar-refractivity contribution is 7.17. The molecule has 0 amide bonds. The van der Waals surface area contributed by atoms with Crippen molar-refractivity contribution < 1.29 is 0 Å². The second kappa shape index (κ2) is 5.01. The third-order valence-corrected chi connectivity index (χ3v) is 4.12. The van der Waals surface area contributed by atoms with Gasteiger partial charge in [-0.2, -0.15) is 0 Å². The first-order valence-electron chi connectivity index (χ1n) is 5.77. The van der Waals surface area contributed by atoms with Gasteiger partial charge in [0.2, 0.25) is 0 Å². The Bertz CT molecular complexity index is 675. The number of hydrogen-bond donors (Lipinski definition) is 1. The van der Waals surface area contributed by atoms with Crippen molar-refractivity contribution in [1.82, 2.24) is 0 Å². The molecule has 0 aliphatic rings. The molecular weight excluding hydrogens is 262 g/mol. The maximum absolute atomic E-state index is 5.96. The van der Waals surface area contributed by atoms with Gasteiger partial charge in [0.25, 0.3) is 0 Å². The minimum absolute atomic E-state index is 0.759. The van der Waals surface area contributed by atoms with Crippen LogP contribution >= 0.6 is 22.9 Å². The maximum atomic E-state index is 5.96. The molecule has 3 aromatic rings. The van der Waals surface area contributed by atoms with E-state index >= 15 is 0 Å². The molecule has 0 unspecified atom stereocenters. The molecule has 0 saturated heterocycles. The van der Waals surface area contributed by atoms with Gasteiger partial charge in [0, 0.05) is 22.0 Å². The van der Waals surface area contributed by atoms with Crippen LogP contribution in [0.1, 0.15) is 5.56 Å². The molecule has 0 bridgehead atoms. The van der Waals surface area contributed by atoms with Crippen LogP contribution in [0.2, 0.25) is 5.02 Å². The van der Waals surface area contributed by atoms with Crippen LogP contribution in [0.4, 0.5) is 5.69 Å². The third-order valence-electron chi connectivity index (χ3n) is 2.87. The van der Waals surface area contributed by atoms with Crippen LogP contribution in [-0.2, 0) is 6.54 Å². The van der Waals surface area contributed by atoms with Crippen LogP contribution in [0.5, 0.6) is 0 Å². The molecule has 0 spiro atoms. The molecule has 1 nitrogen and oxygen atoms in total. The Morgan fingerprint density at radius 3 is 2.83 bits per heavy atom. The summed E-state index contributed by atoms with van der Waals surface area (Å²) in [5.41, 5.74) is 2.38. The van der Waals surface area contributed by atoms with E-state index in [-0.39, 0.29) is 0 Å². The molecule has 1 heterocycles. The average Bonchev–Trinajstić information content (AvgIpc) is 2.80. The van der Waals surface area contributed by atoms with Crippen molar-refractivity contribution in [2.45, 2.75) is 6.54 Å². The summed E-state index contributed by atoms with van der Waals surface area (Å²) in [5.74, 6) is 0. The van der Waals surface area contributed by atoms with Crippen molar-refractivity contribution >= 4 is 38.7 Å². The molecule has 0 radical (unpaired) electrons. The first-order valence-corrected chi connectivity index (χ1v) is 7.03. The number of anilines is 1. The van der Waals surface area contributed by atoms with Crippen molar-refractivity contribution in [3.63, 3.8) is 0 Å². The number of thiophene rings is 1. The van der Waals surface area contributed by atoms with Gasteiger partial charge in [-0.25, -0.2) is 0 Å². The summed E-state index contributed by atoms with van der Waals surface area (Å²) in [5, 5.41) is 7.70. The van der Waals surface area contributed by atoms with Gasteiger partial charge in [0.15, 0.2) is 0 Å². The number of benzene rings is 2. The monoisotopic (exact) mass is 273 g/mol. The highest BCUT2D eigenvalue weighted by Gasteiger charge is 2.02. The van der Waals surface area contributed by atoms with E-state index in [9.17, 15) is 0 Å². The van der Waals surface area contributed by atoms with Gasteiger partial charge in [0.05, 0.1) is 0 Å². The van der Waals surface area contributed by atoms with Crippen LogP contribution < -0.4 is 5.32 Å². The van der Waals surface area contributed by atoms with Gasteiger partial charge in [-0.1, -0.05) is 35.9 Å². The van der Waals surface area contributed by atoms with Crippen LogP contribution in [-0.4, -0.2) is 0 Å². The van der Waals surface area contributed by atoms with E-state index in [4.69, 9.17) is 11.6 Å². The summed E-state index contributed by atoms with van der Waals surface area (Å²) in [6.07, 6.45) is 0. The Balaban J connectivity index is 1.81. The minimum Gasteiger partial charge on any atom is -0.381 e. The molecule has 0 fully saturated rings. The number of nitrogens with one attached hydrogen (secondary N) is 1. The first-order chi connectivity index (χ1) is 8.83. The molecule has 1 N–H and O–H groups in total. The standard InChI is InChI=1S/C15H12ClNS/c16-12-4-3-5-13(8-12)17-9-11-10-18-15-7-2-1-6-14(11)15/h1-8,10,17H,9H2. The van der Waals surface area contributed by atoms with Crippen molar-refractivity contribution in [3.05, 3.63) is 64.5 Å². The zero-order valence-electron chi connectivity index (χ0n) is 9.69. The van der Waals surface area contributed by atoms with E-state index in [1.165, 1.54) is 15.6 Å². The topological polar surface area (TPSA) is 12.0 Å². The van der Waals surface area contributed by atoms with Crippen LogP contribution in [0.25, 0.3) is 10.1 Å². The van der Waals surface area contributed by atoms with Crippen molar-refractivity contribution in [1.29, 1.82) is 0 Å². The fourth-order valence-corrected chi connectivity index (χ4v) is 3.12. The lowest BCUT2D eigenvalue weighted by atomic mass is 10.2. The molecule has 3 heteroatoms. The van der Waals surface area contributed by atoms with Gasteiger partial charge in [-0.15, -0.1) is 11.3 Å². The molecule has 18 heavy (non-hydrogen) atoms.